The van der Waals surface area contributed by atoms with Crippen LogP contribution in [0.15, 0.2) is 36.4 Å². The Kier molecular flexibility index (Phi) is 2.64. The third-order valence-electron chi connectivity index (χ3n) is 4.12. The topological polar surface area (TPSA) is 38.8 Å². The van der Waals surface area contributed by atoms with Crippen LogP contribution in [0, 0.1) is 6.92 Å². The minimum Gasteiger partial charge on any atom is -0.454 e. The van der Waals surface area contributed by atoms with Gasteiger partial charge in [-0.15, -0.1) is 0 Å². The van der Waals surface area contributed by atoms with Crippen molar-refractivity contribution in [2.24, 2.45) is 0 Å². The lowest BCUT2D eigenvalue weighted by Crippen LogP contribution is -2.23. The number of fused-ring (bicyclic) bond motifs is 2. The zero-order valence-electron chi connectivity index (χ0n) is 11.8. The number of aryl methyl sites for hydroxylation is 1. The molecule has 0 radical (unpaired) electrons. The molecular weight excluding hydrogens is 266 g/mol. The van der Waals surface area contributed by atoms with Crippen molar-refractivity contribution in [3.05, 3.63) is 58.7 Å². The van der Waals surface area contributed by atoms with E-state index in [1.165, 1.54) is 5.56 Å². The van der Waals surface area contributed by atoms with Crippen LogP contribution in [0.25, 0.3) is 0 Å². The van der Waals surface area contributed by atoms with E-state index < -0.39 is 0 Å². The molecule has 2 heterocycles. The van der Waals surface area contributed by atoms with E-state index in [-0.39, 0.29) is 12.7 Å². The van der Waals surface area contributed by atoms with Gasteiger partial charge < -0.3 is 14.4 Å². The maximum Gasteiger partial charge on any atom is 0.254 e. The third kappa shape index (κ3) is 1.87. The van der Waals surface area contributed by atoms with Crippen molar-refractivity contribution in [3.63, 3.8) is 0 Å². The van der Waals surface area contributed by atoms with Crippen molar-refractivity contribution in [2.45, 2.75) is 20.0 Å². The molecule has 2 aliphatic heterocycles. The van der Waals surface area contributed by atoms with E-state index in [4.69, 9.17) is 9.47 Å². The first kappa shape index (κ1) is 12.3. The van der Waals surface area contributed by atoms with Gasteiger partial charge in [0.25, 0.3) is 5.91 Å². The number of amides is 1. The van der Waals surface area contributed by atoms with Crippen LogP contribution in [0.2, 0.25) is 0 Å². The van der Waals surface area contributed by atoms with Gasteiger partial charge in [-0.1, -0.05) is 24.3 Å². The lowest BCUT2D eigenvalue weighted by atomic mass is 10.1. The summed E-state index contributed by atoms with van der Waals surface area (Å²) in [5.74, 6) is 1.61. The fourth-order valence-corrected chi connectivity index (χ4v) is 2.99. The molecule has 1 amide bonds. The van der Waals surface area contributed by atoms with Crippen LogP contribution < -0.4 is 9.47 Å². The molecule has 4 heteroatoms. The van der Waals surface area contributed by atoms with Crippen molar-refractivity contribution < 1.29 is 14.3 Å². The zero-order chi connectivity index (χ0) is 14.4. The number of ether oxygens (including phenoxy) is 2. The third-order valence-corrected chi connectivity index (χ3v) is 4.12. The second-order valence-corrected chi connectivity index (χ2v) is 5.41. The molecule has 0 spiro atoms. The lowest BCUT2D eigenvalue weighted by Gasteiger charge is -2.16. The molecule has 4 rings (SSSR count). The Balaban J connectivity index is 1.65. The largest absolute Gasteiger partial charge is 0.454 e. The Hall–Kier alpha value is -2.49. The number of nitrogens with zero attached hydrogens (tertiary/aromatic N) is 1. The number of carbonyl (C=O) groups is 1. The summed E-state index contributed by atoms with van der Waals surface area (Å²) in [4.78, 5) is 14.4. The van der Waals surface area contributed by atoms with E-state index in [1.807, 2.05) is 48.2 Å². The van der Waals surface area contributed by atoms with E-state index in [9.17, 15) is 4.79 Å². The van der Waals surface area contributed by atoms with E-state index >= 15 is 0 Å². The molecule has 0 aliphatic carbocycles. The first-order chi connectivity index (χ1) is 10.2. The van der Waals surface area contributed by atoms with Crippen LogP contribution in [-0.2, 0) is 13.1 Å². The van der Waals surface area contributed by atoms with E-state index in [2.05, 4.69) is 0 Å². The van der Waals surface area contributed by atoms with Crippen LogP contribution >= 0.6 is 0 Å². The molecule has 0 aromatic heterocycles. The lowest BCUT2D eigenvalue weighted by molar-refractivity contribution is 0.0765. The van der Waals surface area contributed by atoms with Gasteiger partial charge in [-0.05, 0) is 30.2 Å². The molecule has 21 heavy (non-hydrogen) atoms. The zero-order valence-corrected chi connectivity index (χ0v) is 11.8. The second kappa shape index (κ2) is 4.52. The van der Waals surface area contributed by atoms with Crippen molar-refractivity contribution in [2.75, 3.05) is 6.79 Å². The van der Waals surface area contributed by atoms with E-state index in [0.717, 1.165) is 28.2 Å². The maximum atomic E-state index is 12.5. The molecule has 0 atom stereocenters. The van der Waals surface area contributed by atoms with Crippen LogP contribution in [0.3, 0.4) is 0 Å². The number of carbonyl (C=O) groups excluding carboxylic acids is 1. The molecule has 0 unspecified atom stereocenters. The summed E-state index contributed by atoms with van der Waals surface area (Å²) < 4.78 is 10.9. The van der Waals surface area contributed by atoms with Crippen LogP contribution in [0.4, 0.5) is 0 Å². The SMILES string of the molecule is Cc1cccc2c1CN(Cc1cccc3c1OCO3)C2=O. The highest BCUT2D eigenvalue weighted by Crippen LogP contribution is 2.37. The van der Waals surface area contributed by atoms with Crippen molar-refractivity contribution >= 4 is 5.91 Å². The quantitative estimate of drug-likeness (QED) is 0.849. The Morgan fingerprint density at radius 2 is 2.00 bits per heavy atom. The van der Waals surface area contributed by atoms with Gasteiger partial charge in [0, 0.05) is 17.7 Å². The monoisotopic (exact) mass is 281 g/mol. The van der Waals surface area contributed by atoms with Crippen molar-refractivity contribution in [3.8, 4) is 11.5 Å². The van der Waals surface area contributed by atoms with Gasteiger partial charge in [-0.25, -0.2) is 0 Å². The summed E-state index contributed by atoms with van der Waals surface area (Å²) in [5.41, 5.74) is 4.11. The number of hydrogen-bond acceptors (Lipinski definition) is 3. The molecule has 2 aromatic carbocycles. The fraction of sp³-hybridized carbons (Fsp3) is 0.235. The van der Waals surface area contributed by atoms with Gasteiger partial charge in [-0.2, -0.15) is 0 Å². The van der Waals surface area contributed by atoms with Gasteiger partial charge in [0.1, 0.15) is 0 Å². The van der Waals surface area contributed by atoms with Gasteiger partial charge in [-0.3, -0.25) is 4.79 Å². The van der Waals surface area contributed by atoms with Gasteiger partial charge in [0.2, 0.25) is 6.79 Å². The van der Waals surface area contributed by atoms with Crippen molar-refractivity contribution in [1.29, 1.82) is 0 Å². The average molecular weight is 281 g/mol. The Labute approximate surface area is 122 Å². The van der Waals surface area contributed by atoms with Gasteiger partial charge in [0.15, 0.2) is 11.5 Å². The molecule has 0 N–H and O–H groups in total. The standard InChI is InChI=1S/C17H15NO3/c1-11-4-2-6-13-14(11)9-18(17(13)19)8-12-5-3-7-15-16(12)21-10-20-15/h2-7H,8-10H2,1H3. The smallest absolute Gasteiger partial charge is 0.254 e. The molecular formula is C17H15NO3. The predicted molar refractivity (Wildman–Crippen MR) is 77.3 cm³/mol. The van der Waals surface area contributed by atoms with E-state index in [0.29, 0.717) is 13.1 Å². The normalized spacial score (nSPS) is 15.5. The molecule has 0 fully saturated rings. The number of para-hydroxylation sites is 1. The molecule has 0 saturated heterocycles. The van der Waals surface area contributed by atoms with Crippen LogP contribution in [0.5, 0.6) is 11.5 Å². The maximum absolute atomic E-state index is 12.5. The predicted octanol–water partition coefficient (Wildman–Crippen LogP) is 2.88. The first-order valence-corrected chi connectivity index (χ1v) is 6.99. The average Bonchev–Trinajstić information content (AvgIpc) is 3.07. The Morgan fingerprint density at radius 3 is 2.86 bits per heavy atom. The highest BCUT2D eigenvalue weighted by atomic mass is 16.7. The molecule has 2 aliphatic rings. The summed E-state index contributed by atoms with van der Waals surface area (Å²) in [5, 5.41) is 0. The molecule has 2 aromatic rings. The van der Waals surface area contributed by atoms with Crippen LogP contribution in [0.1, 0.15) is 27.0 Å². The summed E-state index contributed by atoms with van der Waals surface area (Å²) in [7, 11) is 0. The highest BCUT2D eigenvalue weighted by molar-refractivity contribution is 5.98. The number of rotatable bonds is 2. The second-order valence-electron chi connectivity index (χ2n) is 5.41. The van der Waals surface area contributed by atoms with Gasteiger partial charge >= 0.3 is 0 Å². The summed E-state index contributed by atoms with van der Waals surface area (Å²) in [6.07, 6.45) is 0. The Morgan fingerprint density at radius 1 is 1.14 bits per heavy atom. The molecule has 0 bridgehead atoms. The van der Waals surface area contributed by atoms with Crippen LogP contribution in [-0.4, -0.2) is 17.6 Å². The van der Waals surface area contributed by atoms with Gasteiger partial charge in [0.05, 0.1) is 6.54 Å². The highest BCUT2D eigenvalue weighted by Gasteiger charge is 2.29. The summed E-state index contributed by atoms with van der Waals surface area (Å²) in [6.45, 7) is 3.50. The summed E-state index contributed by atoms with van der Waals surface area (Å²) in [6, 6.07) is 11.7. The van der Waals surface area contributed by atoms with E-state index in [1.54, 1.807) is 0 Å². The molecule has 4 nitrogen and oxygen atoms in total. The fourth-order valence-electron chi connectivity index (χ4n) is 2.99. The Bertz CT molecular complexity index is 739. The van der Waals surface area contributed by atoms with Crippen molar-refractivity contribution in [1.82, 2.24) is 4.90 Å². The minimum absolute atomic E-state index is 0.0882. The number of hydrogen-bond donors (Lipinski definition) is 0. The minimum atomic E-state index is 0.0882. The summed E-state index contributed by atoms with van der Waals surface area (Å²) >= 11 is 0. The molecule has 0 saturated carbocycles. The molecule has 106 valence electrons. The number of benzene rings is 2. The first-order valence-electron chi connectivity index (χ1n) is 6.99.